The Morgan fingerprint density at radius 3 is 2.94 bits per heavy atom. The third kappa shape index (κ3) is 4.24. The van der Waals surface area contributed by atoms with Crippen molar-refractivity contribution in [1.29, 1.82) is 0 Å². The first-order valence-corrected chi connectivity index (χ1v) is 11.0. The maximum atomic E-state index is 12.8. The van der Waals surface area contributed by atoms with Crippen LogP contribution in [0.1, 0.15) is 23.3 Å². The highest BCUT2D eigenvalue weighted by atomic mass is 16.3. The number of likely N-dealkylation sites (tertiary alicyclic amines) is 1. The number of anilines is 1. The summed E-state index contributed by atoms with van der Waals surface area (Å²) in [5.41, 5.74) is 3.41. The summed E-state index contributed by atoms with van der Waals surface area (Å²) in [6.07, 6.45) is 8.36. The van der Waals surface area contributed by atoms with Crippen LogP contribution in [0, 0.1) is 5.92 Å². The molecule has 0 spiro atoms. The molecule has 0 saturated carbocycles. The Labute approximate surface area is 191 Å². The largest absolute Gasteiger partial charge is 0.507 e. The summed E-state index contributed by atoms with van der Waals surface area (Å²) in [5, 5.41) is 18.3. The molecule has 4 heterocycles. The van der Waals surface area contributed by atoms with Crippen LogP contribution in [-0.2, 0) is 0 Å². The number of piperidine rings is 1. The number of nitrogens with one attached hydrogen (secondary N) is 1. The molecule has 1 aliphatic rings. The Morgan fingerprint density at radius 2 is 2.12 bits per heavy atom. The zero-order valence-electron chi connectivity index (χ0n) is 18.3. The van der Waals surface area contributed by atoms with Gasteiger partial charge in [0.05, 0.1) is 11.9 Å². The van der Waals surface area contributed by atoms with Crippen LogP contribution in [0.15, 0.2) is 55.1 Å². The summed E-state index contributed by atoms with van der Waals surface area (Å²) in [5.74, 6) is 1.18. The molecule has 2 N–H and O–H groups in total. The molecule has 1 aromatic carbocycles. The van der Waals surface area contributed by atoms with E-state index in [0.717, 1.165) is 36.3 Å². The second kappa shape index (κ2) is 8.89. The van der Waals surface area contributed by atoms with Crippen molar-refractivity contribution in [3.05, 3.63) is 60.8 Å². The molecule has 1 unspecified atom stereocenters. The van der Waals surface area contributed by atoms with Crippen LogP contribution >= 0.6 is 0 Å². The lowest BCUT2D eigenvalue weighted by Crippen LogP contribution is -2.42. The monoisotopic (exact) mass is 441 g/mol. The molecule has 9 nitrogen and oxygen atoms in total. The molecule has 0 bridgehead atoms. The summed E-state index contributed by atoms with van der Waals surface area (Å²) >= 11 is 0. The average Bonchev–Trinajstić information content (AvgIpc) is 3.24. The van der Waals surface area contributed by atoms with E-state index < -0.39 is 0 Å². The van der Waals surface area contributed by atoms with Gasteiger partial charge in [-0.3, -0.25) is 9.78 Å². The topological polar surface area (TPSA) is 109 Å². The molecule has 4 aromatic rings. The number of benzene rings is 1. The fourth-order valence-electron chi connectivity index (χ4n) is 4.26. The fraction of sp³-hybridized carbons (Fsp3) is 0.261. The number of fused-ring (bicyclic) bond motifs is 1. The average molecular weight is 441 g/mol. The van der Waals surface area contributed by atoms with E-state index in [9.17, 15) is 9.90 Å². The van der Waals surface area contributed by atoms with E-state index in [-0.39, 0.29) is 17.6 Å². The molecule has 1 aliphatic heterocycles. The van der Waals surface area contributed by atoms with Crippen LogP contribution in [0.2, 0.25) is 0 Å². The van der Waals surface area contributed by atoms with Crippen molar-refractivity contribution in [3.8, 4) is 17.0 Å². The zero-order valence-corrected chi connectivity index (χ0v) is 18.3. The van der Waals surface area contributed by atoms with E-state index in [1.165, 1.54) is 6.20 Å². The number of phenols is 1. The minimum Gasteiger partial charge on any atom is -0.507 e. The van der Waals surface area contributed by atoms with Crippen LogP contribution < -0.4 is 10.8 Å². The van der Waals surface area contributed by atoms with E-state index in [0.29, 0.717) is 30.0 Å². The zero-order chi connectivity index (χ0) is 22.8. The quantitative estimate of drug-likeness (QED) is 0.447. The van der Waals surface area contributed by atoms with E-state index >= 15 is 0 Å². The number of hydrogen-bond donors (Lipinski definition) is 2. The van der Waals surface area contributed by atoms with Crippen molar-refractivity contribution in [2.75, 3.05) is 25.0 Å². The molecule has 1 amide bonds. The first-order chi connectivity index (χ1) is 16.1. The number of para-hydroxylation sites is 1. The lowest BCUT2D eigenvalue weighted by molar-refractivity contribution is 0.0673. The van der Waals surface area contributed by atoms with Crippen LogP contribution in [0.25, 0.3) is 16.9 Å². The van der Waals surface area contributed by atoms with Gasteiger partial charge in [-0.15, -0.1) is 0 Å². The summed E-state index contributed by atoms with van der Waals surface area (Å²) in [7, 11) is 1.96. The van der Waals surface area contributed by atoms with Crippen LogP contribution in [0.5, 0.6) is 5.75 Å². The highest BCUT2D eigenvalue weighted by Gasteiger charge is 2.25. The molecular formula is C23H24BN7O2. The van der Waals surface area contributed by atoms with Crippen LogP contribution in [0.3, 0.4) is 0 Å². The maximum absolute atomic E-state index is 12.8. The fourth-order valence-corrected chi connectivity index (χ4v) is 4.26. The van der Waals surface area contributed by atoms with Crippen molar-refractivity contribution in [2.45, 2.75) is 12.8 Å². The molecule has 1 fully saturated rings. The van der Waals surface area contributed by atoms with Gasteiger partial charge in [-0.05, 0) is 36.4 Å². The summed E-state index contributed by atoms with van der Waals surface area (Å²) in [6, 6.07) is 9.07. The van der Waals surface area contributed by atoms with E-state index in [2.05, 4.69) is 20.4 Å². The van der Waals surface area contributed by atoms with Gasteiger partial charge < -0.3 is 15.3 Å². The maximum Gasteiger partial charge on any atom is 0.274 e. The number of rotatable bonds is 5. The van der Waals surface area contributed by atoms with Gasteiger partial charge >= 0.3 is 0 Å². The van der Waals surface area contributed by atoms with Crippen molar-refractivity contribution < 1.29 is 9.90 Å². The highest BCUT2D eigenvalue weighted by molar-refractivity contribution is 6.36. The van der Waals surface area contributed by atoms with Crippen LogP contribution in [0.4, 0.5) is 5.82 Å². The number of carbonyl (C=O) groups excluding carboxylic acids is 1. The van der Waals surface area contributed by atoms with Crippen molar-refractivity contribution in [2.24, 2.45) is 5.92 Å². The number of nitrogens with zero attached hydrogens (tertiary/aromatic N) is 6. The Kier molecular flexibility index (Phi) is 5.64. The lowest BCUT2D eigenvalue weighted by atomic mass is 9.97. The van der Waals surface area contributed by atoms with Gasteiger partial charge in [-0.25, -0.2) is 9.97 Å². The Bertz CT molecular complexity index is 1290. The van der Waals surface area contributed by atoms with Gasteiger partial charge in [0.2, 0.25) is 0 Å². The number of carbonyl (C=O) groups is 1. The predicted molar refractivity (Wildman–Crippen MR) is 127 cm³/mol. The van der Waals surface area contributed by atoms with Gasteiger partial charge in [0, 0.05) is 49.9 Å². The Balaban J connectivity index is 1.36. The predicted octanol–water partition coefficient (Wildman–Crippen LogP) is 1.11. The number of aromatic nitrogens is 5. The molecular weight excluding hydrogens is 417 g/mol. The van der Waals surface area contributed by atoms with Gasteiger partial charge in [0.1, 0.15) is 25.1 Å². The van der Waals surface area contributed by atoms with Gasteiger partial charge in [-0.2, -0.15) is 9.61 Å². The van der Waals surface area contributed by atoms with Crippen LogP contribution in [-0.4, -0.2) is 68.0 Å². The Morgan fingerprint density at radius 1 is 1.24 bits per heavy atom. The summed E-state index contributed by atoms with van der Waals surface area (Å²) in [4.78, 5) is 27.5. The standard InChI is InChI=1S/C23H24BN7O2/c24-17-12-28-31-21(10-18(29-22(17)31)16-5-1-2-6-20(16)32)27-11-15-4-3-9-30(14-15)23(33)19-13-25-7-8-26-19/h1-2,5-8,10,12-13,15,27,32H,3-4,9,11,14,24H2. The SMILES string of the molecule is Bc1cnn2c(NCC3CCCN(C(=O)c4cnccn4)C3)cc(-c3ccccc3O)nc12. The summed E-state index contributed by atoms with van der Waals surface area (Å²) < 4.78 is 1.78. The molecule has 10 heteroatoms. The molecule has 166 valence electrons. The minimum atomic E-state index is -0.0800. The third-order valence-corrected chi connectivity index (χ3v) is 5.99. The van der Waals surface area contributed by atoms with E-state index in [1.807, 2.05) is 30.9 Å². The number of amides is 1. The van der Waals surface area contributed by atoms with Gasteiger partial charge in [0.25, 0.3) is 5.91 Å². The molecule has 0 radical (unpaired) electrons. The van der Waals surface area contributed by atoms with Crippen molar-refractivity contribution in [1.82, 2.24) is 29.5 Å². The molecule has 1 saturated heterocycles. The molecule has 33 heavy (non-hydrogen) atoms. The number of aromatic hydroxyl groups is 1. The van der Waals surface area contributed by atoms with Gasteiger partial charge in [-0.1, -0.05) is 12.1 Å². The lowest BCUT2D eigenvalue weighted by Gasteiger charge is -2.32. The number of hydrogen-bond acceptors (Lipinski definition) is 7. The highest BCUT2D eigenvalue weighted by Crippen LogP contribution is 2.29. The second-order valence-corrected chi connectivity index (χ2v) is 8.34. The van der Waals surface area contributed by atoms with E-state index in [1.54, 1.807) is 35.2 Å². The van der Waals surface area contributed by atoms with Crippen molar-refractivity contribution in [3.63, 3.8) is 0 Å². The minimum absolute atomic E-state index is 0.0800. The molecule has 0 aliphatic carbocycles. The summed E-state index contributed by atoms with van der Waals surface area (Å²) in [6.45, 7) is 2.06. The second-order valence-electron chi connectivity index (χ2n) is 8.34. The first kappa shape index (κ1) is 20.9. The third-order valence-electron chi connectivity index (χ3n) is 5.99. The smallest absolute Gasteiger partial charge is 0.274 e. The van der Waals surface area contributed by atoms with Crippen molar-refractivity contribution >= 4 is 30.7 Å². The first-order valence-electron chi connectivity index (χ1n) is 11.0. The van der Waals surface area contributed by atoms with E-state index in [4.69, 9.17) is 4.98 Å². The molecule has 5 rings (SSSR count). The van der Waals surface area contributed by atoms with Gasteiger partial charge in [0.15, 0.2) is 5.65 Å². The number of phenolic OH excluding ortho intramolecular Hbond substituents is 1. The molecule has 1 atom stereocenters. The normalized spacial score (nSPS) is 16.1. The molecule has 3 aromatic heterocycles. The Hall–Kier alpha value is -3.95.